The molecule has 0 bridgehead atoms. The molecule has 0 aromatic carbocycles. The van der Waals surface area contributed by atoms with Crippen LogP contribution in [0.2, 0.25) is 0 Å². The molecule has 1 aromatic rings. The summed E-state index contributed by atoms with van der Waals surface area (Å²) in [6, 6.07) is 1.21. The van der Waals surface area contributed by atoms with E-state index in [1.54, 1.807) is 0 Å². The summed E-state index contributed by atoms with van der Waals surface area (Å²) in [6.07, 6.45) is 9.85. The van der Waals surface area contributed by atoms with Crippen LogP contribution in [0.3, 0.4) is 0 Å². The zero-order chi connectivity index (χ0) is 14.3. The SMILES string of the molecule is CC1CC(C)(C)CCC1NC1CCCc2c1cnn2C. The van der Waals surface area contributed by atoms with Gasteiger partial charge < -0.3 is 5.32 Å². The van der Waals surface area contributed by atoms with E-state index in [1.807, 2.05) is 0 Å². The summed E-state index contributed by atoms with van der Waals surface area (Å²) in [6.45, 7) is 7.25. The van der Waals surface area contributed by atoms with Crippen LogP contribution in [0.15, 0.2) is 6.20 Å². The van der Waals surface area contributed by atoms with E-state index in [9.17, 15) is 0 Å². The van der Waals surface area contributed by atoms with Gasteiger partial charge in [-0.25, -0.2) is 0 Å². The van der Waals surface area contributed by atoms with Crippen molar-refractivity contribution in [1.82, 2.24) is 15.1 Å². The molecule has 3 unspecified atom stereocenters. The largest absolute Gasteiger partial charge is 0.307 e. The molecule has 3 rings (SSSR count). The third-order valence-corrected chi connectivity index (χ3v) is 5.48. The second kappa shape index (κ2) is 5.18. The number of nitrogens with zero attached hydrogens (tertiary/aromatic N) is 2. The molecule has 0 amide bonds. The van der Waals surface area contributed by atoms with Gasteiger partial charge in [-0.2, -0.15) is 5.10 Å². The highest BCUT2D eigenvalue weighted by molar-refractivity contribution is 5.25. The fraction of sp³-hybridized carbons (Fsp3) is 0.824. The van der Waals surface area contributed by atoms with Crippen molar-refractivity contribution >= 4 is 0 Å². The van der Waals surface area contributed by atoms with Gasteiger partial charge in [0, 0.05) is 30.4 Å². The molecule has 1 heterocycles. The van der Waals surface area contributed by atoms with Gasteiger partial charge in [0.1, 0.15) is 0 Å². The summed E-state index contributed by atoms with van der Waals surface area (Å²) in [5.74, 6) is 0.779. The van der Waals surface area contributed by atoms with Crippen LogP contribution in [0.25, 0.3) is 0 Å². The molecular weight excluding hydrogens is 246 g/mol. The van der Waals surface area contributed by atoms with Gasteiger partial charge in [-0.05, 0) is 49.9 Å². The number of nitrogens with one attached hydrogen (secondary N) is 1. The molecule has 0 saturated heterocycles. The van der Waals surface area contributed by atoms with Gasteiger partial charge in [0.15, 0.2) is 0 Å². The van der Waals surface area contributed by atoms with E-state index < -0.39 is 0 Å². The van der Waals surface area contributed by atoms with E-state index in [4.69, 9.17) is 0 Å². The fourth-order valence-corrected chi connectivity index (χ4v) is 4.33. The zero-order valence-electron chi connectivity index (χ0n) is 13.4. The predicted octanol–water partition coefficient (Wildman–Crippen LogP) is 3.60. The lowest BCUT2D eigenvalue weighted by atomic mass is 9.70. The Bertz CT molecular complexity index is 475. The van der Waals surface area contributed by atoms with Gasteiger partial charge in [0.2, 0.25) is 0 Å². The second-order valence-corrected chi connectivity index (χ2v) is 7.77. The van der Waals surface area contributed by atoms with Crippen LogP contribution in [-0.4, -0.2) is 15.8 Å². The summed E-state index contributed by atoms with van der Waals surface area (Å²) in [5, 5.41) is 8.42. The Morgan fingerprint density at radius 3 is 2.90 bits per heavy atom. The van der Waals surface area contributed by atoms with E-state index in [1.165, 1.54) is 49.8 Å². The van der Waals surface area contributed by atoms with E-state index in [2.05, 4.69) is 49.1 Å². The summed E-state index contributed by atoms with van der Waals surface area (Å²) in [4.78, 5) is 0. The molecule has 3 nitrogen and oxygen atoms in total. The number of hydrogen-bond acceptors (Lipinski definition) is 2. The monoisotopic (exact) mass is 275 g/mol. The van der Waals surface area contributed by atoms with E-state index in [-0.39, 0.29) is 0 Å². The average molecular weight is 275 g/mol. The standard InChI is InChI=1S/C17H29N3/c1-12-10-17(2,3)9-8-14(12)19-15-6-5-7-16-13(15)11-18-20(16)4/h11-12,14-15,19H,5-10H2,1-4H3. The normalized spacial score (nSPS) is 32.9. The molecule has 0 spiro atoms. The molecule has 0 aliphatic heterocycles. The van der Waals surface area contributed by atoms with Gasteiger partial charge in [-0.1, -0.05) is 20.8 Å². The molecule has 1 saturated carbocycles. The van der Waals surface area contributed by atoms with Crippen LogP contribution in [0.5, 0.6) is 0 Å². The lowest BCUT2D eigenvalue weighted by Gasteiger charge is -2.41. The first-order valence-electron chi connectivity index (χ1n) is 8.23. The maximum Gasteiger partial charge on any atom is 0.0540 e. The van der Waals surface area contributed by atoms with Crippen molar-refractivity contribution in [3.05, 3.63) is 17.5 Å². The Kier molecular flexibility index (Phi) is 3.65. The lowest BCUT2D eigenvalue weighted by molar-refractivity contribution is 0.139. The van der Waals surface area contributed by atoms with E-state index in [0.29, 0.717) is 17.5 Å². The van der Waals surface area contributed by atoms with E-state index >= 15 is 0 Å². The Morgan fingerprint density at radius 2 is 2.15 bits per heavy atom. The van der Waals surface area contributed by atoms with Crippen molar-refractivity contribution in [3.8, 4) is 0 Å². The molecule has 1 N–H and O–H groups in total. The Morgan fingerprint density at radius 1 is 1.35 bits per heavy atom. The lowest BCUT2D eigenvalue weighted by Crippen LogP contribution is -2.43. The molecule has 1 fully saturated rings. The van der Waals surface area contributed by atoms with Gasteiger partial charge >= 0.3 is 0 Å². The minimum absolute atomic E-state index is 0.529. The highest BCUT2D eigenvalue weighted by atomic mass is 15.3. The first kappa shape index (κ1) is 14.1. The summed E-state index contributed by atoms with van der Waals surface area (Å²) in [5.41, 5.74) is 3.43. The van der Waals surface area contributed by atoms with Gasteiger partial charge in [-0.15, -0.1) is 0 Å². The van der Waals surface area contributed by atoms with Crippen molar-refractivity contribution in [2.75, 3.05) is 0 Å². The first-order chi connectivity index (χ1) is 9.46. The third-order valence-electron chi connectivity index (χ3n) is 5.48. The Hall–Kier alpha value is -0.830. The molecule has 20 heavy (non-hydrogen) atoms. The quantitative estimate of drug-likeness (QED) is 0.893. The van der Waals surface area contributed by atoms with Crippen LogP contribution in [0.4, 0.5) is 0 Å². The van der Waals surface area contributed by atoms with Crippen molar-refractivity contribution in [2.24, 2.45) is 18.4 Å². The van der Waals surface area contributed by atoms with Crippen molar-refractivity contribution < 1.29 is 0 Å². The number of hydrogen-bond donors (Lipinski definition) is 1. The summed E-state index contributed by atoms with van der Waals surface area (Å²) >= 11 is 0. The summed E-state index contributed by atoms with van der Waals surface area (Å²) < 4.78 is 2.07. The first-order valence-corrected chi connectivity index (χ1v) is 8.23. The molecule has 1 aromatic heterocycles. The smallest absolute Gasteiger partial charge is 0.0540 e. The van der Waals surface area contributed by atoms with Gasteiger partial charge in [0.05, 0.1) is 6.20 Å². The van der Waals surface area contributed by atoms with Crippen molar-refractivity contribution in [3.63, 3.8) is 0 Å². The molecule has 2 aliphatic carbocycles. The van der Waals surface area contributed by atoms with Gasteiger partial charge in [0.25, 0.3) is 0 Å². The van der Waals surface area contributed by atoms with Gasteiger partial charge in [-0.3, -0.25) is 4.68 Å². The number of aromatic nitrogens is 2. The maximum absolute atomic E-state index is 4.46. The van der Waals surface area contributed by atoms with Crippen LogP contribution in [-0.2, 0) is 13.5 Å². The zero-order valence-corrected chi connectivity index (χ0v) is 13.4. The Balaban J connectivity index is 1.70. The maximum atomic E-state index is 4.46. The average Bonchev–Trinajstić information content (AvgIpc) is 2.75. The van der Waals surface area contributed by atoms with Crippen molar-refractivity contribution in [1.29, 1.82) is 0 Å². The molecule has 2 aliphatic rings. The highest BCUT2D eigenvalue weighted by Gasteiger charge is 2.34. The number of rotatable bonds is 2. The molecule has 3 heteroatoms. The Labute approximate surface area is 123 Å². The number of fused-ring (bicyclic) bond motifs is 1. The minimum atomic E-state index is 0.529. The third kappa shape index (κ3) is 2.65. The van der Waals surface area contributed by atoms with Crippen LogP contribution in [0, 0.1) is 11.3 Å². The molecule has 3 atom stereocenters. The minimum Gasteiger partial charge on any atom is -0.307 e. The van der Waals surface area contributed by atoms with Crippen LogP contribution in [0.1, 0.15) is 70.2 Å². The highest BCUT2D eigenvalue weighted by Crippen LogP contribution is 2.40. The second-order valence-electron chi connectivity index (χ2n) is 7.77. The summed E-state index contributed by atoms with van der Waals surface area (Å²) in [7, 11) is 2.08. The molecular formula is C17H29N3. The van der Waals surface area contributed by atoms with Crippen molar-refractivity contribution in [2.45, 2.75) is 71.4 Å². The van der Waals surface area contributed by atoms with Crippen LogP contribution < -0.4 is 5.32 Å². The van der Waals surface area contributed by atoms with Crippen LogP contribution >= 0.6 is 0 Å². The molecule has 0 radical (unpaired) electrons. The molecule has 112 valence electrons. The van der Waals surface area contributed by atoms with E-state index in [0.717, 1.165) is 5.92 Å². The predicted molar refractivity (Wildman–Crippen MR) is 82.6 cm³/mol. The fourth-order valence-electron chi connectivity index (χ4n) is 4.33. The number of aryl methyl sites for hydroxylation is 1. The topological polar surface area (TPSA) is 29.9 Å².